The van der Waals surface area contributed by atoms with Crippen molar-refractivity contribution in [2.24, 2.45) is 11.8 Å². The van der Waals surface area contributed by atoms with E-state index in [-0.39, 0.29) is 16.5 Å². The van der Waals surface area contributed by atoms with Crippen molar-refractivity contribution in [1.29, 1.82) is 0 Å². The van der Waals surface area contributed by atoms with Crippen LogP contribution in [-0.4, -0.2) is 28.9 Å². The lowest BCUT2D eigenvalue weighted by Crippen LogP contribution is -2.27. The van der Waals surface area contributed by atoms with Gasteiger partial charge in [-0.1, -0.05) is 55.8 Å². The number of carbonyl (C=O) groups excluding carboxylic acids is 1. The van der Waals surface area contributed by atoms with E-state index in [0.29, 0.717) is 13.0 Å². The number of allylic oxidation sites excluding steroid dienone is 2. The third-order valence-electron chi connectivity index (χ3n) is 4.65. The van der Waals surface area contributed by atoms with E-state index in [9.17, 15) is 14.9 Å². The highest BCUT2D eigenvalue weighted by molar-refractivity contribution is 5.81. The maximum Gasteiger partial charge on any atom is 0.330 e. The van der Waals surface area contributed by atoms with Crippen LogP contribution in [0.4, 0.5) is 0 Å². The molecule has 1 aliphatic rings. The van der Waals surface area contributed by atoms with Crippen molar-refractivity contribution < 1.29 is 14.5 Å². The number of hydrogen-bond acceptors (Lipinski definition) is 5. The van der Waals surface area contributed by atoms with Gasteiger partial charge in [-0.3, -0.25) is 10.1 Å². The van der Waals surface area contributed by atoms with Crippen LogP contribution in [0.5, 0.6) is 0 Å². The summed E-state index contributed by atoms with van der Waals surface area (Å²) >= 11 is 0. The van der Waals surface area contributed by atoms with Crippen LogP contribution in [0.15, 0.2) is 66.7 Å². The standard InChI is InChI=1S/C22H28N2O4/c1-3-5-14-23-15-13-20(21(17-23)24(26)27)19(11-12-22(25)28-4-2)16-18-9-7-6-8-10-18/h6-13,15,17,19-20H,3-5,14,16H2,1-2H3/b12-11+/t19-,20-/m1/s1. The van der Waals surface area contributed by atoms with E-state index in [1.54, 1.807) is 19.2 Å². The SMILES string of the molecule is CCCCN1C=C[C@H]([C@H](/C=C/C(=O)OCC)Cc2ccccc2)C([N+](=O)[O-])=C1. The number of carbonyl (C=O) groups is 1. The summed E-state index contributed by atoms with van der Waals surface area (Å²) in [6.07, 6.45) is 11.1. The van der Waals surface area contributed by atoms with Crippen molar-refractivity contribution >= 4 is 5.97 Å². The lowest BCUT2D eigenvalue weighted by atomic mass is 9.83. The van der Waals surface area contributed by atoms with E-state index in [0.717, 1.165) is 24.9 Å². The monoisotopic (exact) mass is 384 g/mol. The topological polar surface area (TPSA) is 72.7 Å². The minimum absolute atomic E-state index is 0.146. The lowest BCUT2D eigenvalue weighted by Gasteiger charge is -2.26. The molecule has 28 heavy (non-hydrogen) atoms. The highest BCUT2D eigenvalue weighted by Crippen LogP contribution is 2.31. The third-order valence-corrected chi connectivity index (χ3v) is 4.65. The number of rotatable bonds is 10. The van der Waals surface area contributed by atoms with Crippen molar-refractivity contribution in [3.63, 3.8) is 0 Å². The molecule has 2 rings (SSSR count). The second-order valence-corrected chi connectivity index (χ2v) is 6.73. The molecule has 150 valence electrons. The Bertz CT molecular complexity index is 740. The van der Waals surface area contributed by atoms with Gasteiger partial charge in [-0.25, -0.2) is 4.79 Å². The summed E-state index contributed by atoms with van der Waals surface area (Å²) in [7, 11) is 0. The Morgan fingerprint density at radius 2 is 2.07 bits per heavy atom. The summed E-state index contributed by atoms with van der Waals surface area (Å²) < 4.78 is 4.96. The Morgan fingerprint density at radius 3 is 2.71 bits per heavy atom. The van der Waals surface area contributed by atoms with Crippen molar-refractivity contribution in [3.05, 3.63) is 82.3 Å². The molecule has 2 atom stereocenters. The first-order chi connectivity index (χ1) is 13.5. The molecule has 0 radical (unpaired) electrons. The zero-order chi connectivity index (χ0) is 20.4. The van der Waals surface area contributed by atoms with Crippen LogP contribution in [-0.2, 0) is 16.0 Å². The number of ether oxygens (including phenoxy) is 1. The van der Waals surface area contributed by atoms with Crippen LogP contribution in [0.2, 0.25) is 0 Å². The molecular weight excluding hydrogens is 356 g/mol. The fraction of sp³-hybridized carbons (Fsp3) is 0.409. The molecule has 0 saturated carbocycles. The normalized spacial score (nSPS) is 17.4. The Hall–Kier alpha value is -2.89. The first-order valence-electron chi connectivity index (χ1n) is 9.74. The number of nitro groups is 1. The molecule has 0 aromatic heterocycles. The van der Waals surface area contributed by atoms with Gasteiger partial charge in [-0.15, -0.1) is 0 Å². The first kappa shape index (κ1) is 21.4. The highest BCUT2D eigenvalue weighted by atomic mass is 16.6. The van der Waals surface area contributed by atoms with Gasteiger partial charge in [-0.05, 0) is 31.2 Å². The maximum absolute atomic E-state index is 11.8. The minimum Gasteiger partial charge on any atom is -0.463 e. The molecule has 0 aliphatic carbocycles. The van der Waals surface area contributed by atoms with Gasteiger partial charge >= 0.3 is 5.97 Å². The van der Waals surface area contributed by atoms with E-state index in [4.69, 9.17) is 4.74 Å². The Balaban J connectivity index is 2.28. The van der Waals surface area contributed by atoms with Gasteiger partial charge in [0, 0.05) is 18.8 Å². The Kier molecular flexibility index (Phi) is 8.46. The number of esters is 1. The number of benzene rings is 1. The van der Waals surface area contributed by atoms with Gasteiger partial charge in [0.1, 0.15) is 0 Å². The third kappa shape index (κ3) is 6.37. The Morgan fingerprint density at radius 1 is 1.32 bits per heavy atom. The molecule has 0 fully saturated rings. The van der Waals surface area contributed by atoms with Gasteiger partial charge in [0.25, 0.3) is 5.70 Å². The second-order valence-electron chi connectivity index (χ2n) is 6.73. The van der Waals surface area contributed by atoms with Crippen molar-refractivity contribution in [1.82, 2.24) is 4.90 Å². The van der Waals surface area contributed by atoms with E-state index in [2.05, 4.69) is 6.92 Å². The fourth-order valence-corrected chi connectivity index (χ4v) is 3.21. The van der Waals surface area contributed by atoms with Crippen LogP contribution >= 0.6 is 0 Å². The second kappa shape index (κ2) is 11.1. The lowest BCUT2D eigenvalue weighted by molar-refractivity contribution is -0.434. The molecule has 1 aliphatic heterocycles. The van der Waals surface area contributed by atoms with E-state index >= 15 is 0 Å². The summed E-state index contributed by atoms with van der Waals surface area (Å²) in [5.74, 6) is -1.08. The van der Waals surface area contributed by atoms with Gasteiger partial charge in [0.15, 0.2) is 0 Å². The molecule has 0 bridgehead atoms. The molecule has 0 amide bonds. The van der Waals surface area contributed by atoms with Gasteiger partial charge in [-0.2, -0.15) is 0 Å². The summed E-state index contributed by atoms with van der Waals surface area (Å²) in [5.41, 5.74) is 1.21. The fourth-order valence-electron chi connectivity index (χ4n) is 3.21. The molecule has 6 heteroatoms. The molecule has 0 N–H and O–H groups in total. The predicted octanol–water partition coefficient (Wildman–Crippen LogP) is 4.33. The molecule has 1 heterocycles. The van der Waals surface area contributed by atoms with E-state index < -0.39 is 11.9 Å². The predicted molar refractivity (Wildman–Crippen MR) is 109 cm³/mol. The highest BCUT2D eigenvalue weighted by Gasteiger charge is 2.32. The minimum atomic E-state index is -0.434. The molecule has 6 nitrogen and oxygen atoms in total. The maximum atomic E-state index is 11.8. The summed E-state index contributed by atoms with van der Waals surface area (Å²) in [5, 5.41) is 11.7. The van der Waals surface area contributed by atoms with Gasteiger partial charge < -0.3 is 9.64 Å². The number of unbranched alkanes of at least 4 members (excludes halogenated alkanes) is 1. The van der Waals surface area contributed by atoms with E-state index in [1.165, 1.54) is 6.08 Å². The number of nitrogens with zero attached hydrogens (tertiary/aromatic N) is 2. The van der Waals surface area contributed by atoms with Crippen LogP contribution in [0.25, 0.3) is 0 Å². The van der Waals surface area contributed by atoms with Crippen molar-refractivity contribution in [3.8, 4) is 0 Å². The smallest absolute Gasteiger partial charge is 0.330 e. The van der Waals surface area contributed by atoms with Crippen LogP contribution in [0, 0.1) is 22.0 Å². The average Bonchev–Trinajstić information content (AvgIpc) is 2.70. The van der Waals surface area contributed by atoms with Crippen LogP contribution < -0.4 is 0 Å². The Labute approximate surface area is 166 Å². The van der Waals surface area contributed by atoms with E-state index in [1.807, 2.05) is 47.5 Å². The number of hydrogen-bond donors (Lipinski definition) is 0. The quantitative estimate of drug-likeness (QED) is 0.260. The van der Waals surface area contributed by atoms with Gasteiger partial charge in [0.05, 0.1) is 23.6 Å². The molecule has 0 spiro atoms. The molecular formula is C22H28N2O4. The molecule has 1 aromatic carbocycles. The summed E-state index contributed by atoms with van der Waals surface area (Å²) in [6, 6.07) is 9.78. The van der Waals surface area contributed by atoms with Crippen molar-refractivity contribution in [2.75, 3.05) is 13.2 Å². The van der Waals surface area contributed by atoms with Gasteiger partial charge in [0.2, 0.25) is 0 Å². The largest absolute Gasteiger partial charge is 0.463 e. The van der Waals surface area contributed by atoms with Crippen LogP contribution in [0.1, 0.15) is 32.3 Å². The first-order valence-corrected chi connectivity index (χ1v) is 9.74. The molecule has 1 aromatic rings. The van der Waals surface area contributed by atoms with Crippen LogP contribution in [0.3, 0.4) is 0 Å². The zero-order valence-corrected chi connectivity index (χ0v) is 16.5. The summed E-state index contributed by atoms with van der Waals surface area (Å²) in [6.45, 7) is 4.88. The average molecular weight is 384 g/mol. The zero-order valence-electron chi connectivity index (χ0n) is 16.5. The molecule has 0 unspecified atom stereocenters. The molecule has 0 saturated heterocycles. The van der Waals surface area contributed by atoms with Crippen molar-refractivity contribution in [2.45, 2.75) is 33.1 Å². The summed E-state index contributed by atoms with van der Waals surface area (Å²) in [4.78, 5) is 25.1.